The van der Waals surface area contributed by atoms with Crippen LogP contribution in [0.15, 0.2) is 22.8 Å². The van der Waals surface area contributed by atoms with Gasteiger partial charge in [-0.1, -0.05) is 25.4 Å². The van der Waals surface area contributed by atoms with Crippen LogP contribution in [0.4, 0.5) is 0 Å². The second kappa shape index (κ2) is 6.32. The van der Waals surface area contributed by atoms with Gasteiger partial charge in [0.25, 0.3) is 5.91 Å². The molecule has 2 N–H and O–H groups in total. The second-order valence-electron chi connectivity index (χ2n) is 5.07. The Labute approximate surface area is 127 Å². The molecule has 1 amide bonds. The molecule has 2 aromatic rings. The van der Waals surface area contributed by atoms with Crippen molar-refractivity contribution in [3.05, 3.63) is 40.6 Å². The van der Waals surface area contributed by atoms with E-state index in [4.69, 9.17) is 16.0 Å². The van der Waals surface area contributed by atoms with Gasteiger partial charge in [0.05, 0.1) is 24.1 Å². The number of nitrogens with one attached hydrogen (secondary N) is 1. The number of carbonyl (C=O) groups is 1. The first-order valence-corrected chi connectivity index (χ1v) is 7.01. The van der Waals surface area contributed by atoms with Crippen LogP contribution in [0.1, 0.15) is 47.7 Å². The minimum atomic E-state index is -0.901. The van der Waals surface area contributed by atoms with E-state index < -0.39 is 6.10 Å². The van der Waals surface area contributed by atoms with Crippen molar-refractivity contribution in [2.45, 2.75) is 25.9 Å². The van der Waals surface area contributed by atoms with E-state index in [9.17, 15) is 9.90 Å². The summed E-state index contributed by atoms with van der Waals surface area (Å²) in [5.74, 6) is 0.110. The van der Waals surface area contributed by atoms with Gasteiger partial charge in [0.2, 0.25) is 0 Å². The number of aliphatic hydroxyl groups excluding tert-OH is 1. The number of hydrogen-bond acceptors (Lipinski definition) is 4. The van der Waals surface area contributed by atoms with E-state index in [1.54, 1.807) is 19.2 Å². The quantitative estimate of drug-likeness (QED) is 0.887. The van der Waals surface area contributed by atoms with Crippen molar-refractivity contribution in [3.63, 3.8) is 0 Å². The second-order valence-corrected chi connectivity index (χ2v) is 5.43. The molecule has 2 rings (SSSR count). The molecule has 0 radical (unpaired) electrons. The largest absolute Gasteiger partial charge is 0.467 e. The maximum absolute atomic E-state index is 12.3. The molecule has 0 spiro atoms. The lowest BCUT2D eigenvalue weighted by molar-refractivity contribution is 0.0900. The molecule has 21 heavy (non-hydrogen) atoms. The van der Waals surface area contributed by atoms with Crippen LogP contribution < -0.4 is 5.32 Å². The summed E-state index contributed by atoms with van der Waals surface area (Å²) < 4.78 is 6.55. The third-order valence-corrected chi connectivity index (χ3v) is 3.54. The Hall–Kier alpha value is -1.79. The fourth-order valence-electron chi connectivity index (χ4n) is 2.00. The van der Waals surface area contributed by atoms with Crippen LogP contribution in [-0.4, -0.2) is 27.3 Å². The zero-order valence-electron chi connectivity index (χ0n) is 12.1. The van der Waals surface area contributed by atoms with E-state index >= 15 is 0 Å². The van der Waals surface area contributed by atoms with Gasteiger partial charge in [-0.3, -0.25) is 9.48 Å². The van der Waals surface area contributed by atoms with Crippen molar-refractivity contribution in [2.75, 3.05) is 6.54 Å². The number of rotatable bonds is 5. The predicted octanol–water partition coefficient (Wildman–Crippen LogP) is 2.25. The predicted molar refractivity (Wildman–Crippen MR) is 78.3 cm³/mol. The lowest BCUT2D eigenvalue weighted by atomic mass is 10.1. The topological polar surface area (TPSA) is 80.3 Å². The highest BCUT2D eigenvalue weighted by molar-refractivity contribution is 6.33. The lowest BCUT2D eigenvalue weighted by Gasteiger charge is -2.10. The minimum absolute atomic E-state index is 0.0368. The third-order valence-electron chi connectivity index (χ3n) is 3.11. The number of aryl methyl sites for hydroxylation is 1. The van der Waals surface area contributed by atoms with E-state index in [0.29, 0.717) is 17.0 Å². The molecular formula is C14H18ClN3O3. The average Bonchev–Trinajstić information content (AvgIpc) is 3.05. The van der Waals surface area contributed by atoms with Crippen LogP contribution in [0.2, 0.25) is 5.15 Å². The Bertz CT molecular complexity index is 620. The molecule has 0 saturated carbocycles. The Morgan fingerprint density at radius 2 is 2.29 bits per heavy atom. The van der Waals surface area contributed by atoms with Gasteiger partial charge in [-0.15, -0.1) is 0 Å². The number of aromatic nitrogens is 2. The highest BCUT2D eigenvalue weighted by Crippen LogP contribution is 2.25. The summed E-state index contributed by atoms with van der Waals surface area (Å²) in [4.78, 5) is 12.3. The Kier molecular flexibility index (Phi) is 4.69. The number of halogens is 1. The number of hydrogen-bond donors (Lipinski definition) is 2. The van der Waals surface area contributed by atoms with Crippen molar-refractivity contribution >= 4 is 17.5 Å². The number of aliphatic hydroxyl groups is 1. The molecular weight excluding hydrogens is 294 g/mol. The Balaban J connectivity index is 2.10. The molecule has 2 aromatic heterocycles. The highest BCUT2D eigenvalue weighted by Gasteiger charge is 2.24. The van der Waals surface area contributed by atoms with Crippen LogP contribution in [0, 0.1) is 0 Å². The summed E-state index contributed by atoms with van der Waals surface area (Å²) in [6.45, 7) is 3.91. The molecule has 0 fully saturated rings. The van der Waals surface area contributed by atoms with Crippen molar-refractivity contribution in [3.8, 4) is 0 Å². The summed E-state index contributed by atoms with van der Waals surface area (Å²) in [6.07, 6.45) is 0.566. The number of furan rings is 1. The van der Waals surface area contributed by atoms with Gasteiger partial charge >= 0.3 is 0 Å². The molecule has 0 bridgehead atoms. The van der Waals surface area contributed by atoms with E-state index in [2.05, 4.69) is 10.4 Å². The van der Waals surface area contributed by atoms with E-state index in [1.807, 2.05) is 13.8 Å². The summed E-state index contributed by atoms with van der Waals surface area (Å²) in [5, 5.41) is 17.1. The van der Waals surface area contributed by atoms with E-state index in [1.165, 1.54) is 10.9 Å². The normalized spacial score (nSPS) is 12.7. The summed E-state index contributed by atoms with van der Waals surface area (Å²) in [5.41, 5.74) is 0.980. The molecule has 0 aliphatic rings. The van der Waals surface area contributed by atoms with Gasteiger partial charge in [0.1, 0.15) is 17.0 Å². The molecule has 7 heteroatoms. The number of carbonyl (C=O) groups excluding carboxylic acids is 1. The molecule has 0 aliphatic heterocycles. The maximum atomic E-state index is 12.3. The van der Waals surface area contributed by atoms with Gasteiger partial charge in [0, 0.05) is 7.05 Å². The first kappa shape index (κ1) is 15.6. The van der Waals surface area contributed by atoms with Gasteiger partial charge in [-0.2, -0.15) is 5.10 Å². The molecule has 114 valence electrons. The number of amides is 1. The van der Waals surface area contributed by atoms with Crippen LogP contribution in [0.5, 0.6) is 0 Å². The van der Waals surface area contributed by atoms with E-state index in [-0.39, 0.29) is 23.5 Å². The van der Waals surface area contributed by atoms with Crippen molar-refractivity contribution in [1.29, 1.82) is 0 Å². The molecule has 1 unspecified atom stereocenters. The fraction of sp³-hybridized carbons (Fsp3) is 0.429. The van der Waals surface area contributed by atoms with Crippen LogP contribution >= 0.6 is 11.6 Å². The Morgan fingerprint density at radius 1 is 1.57 bits per heavy atom. The maximum Gasteiger partial charge on any atom is 0.256 e. The van der Waals surface area contributed by atoms with Crippen LogP contribution in [0.3, 0.4) is 0 Å². The smallest absolute Gasteiger partial charge is 0.256 e. The van der Waals surface area contributed by atoms with Gasteiger partial charge in [0.15, 0.2) is 0 Å². The molecule has 6 nitrogen and oxygen atoms in total. The Morgan fingerprint density at radius 3 is 2.86 bits per heavy atom. The molecule has 0 saturated heterocycles. The lowest BCUT2D eigenvalue weighted by Crippen LogP contribution is -2.29. The molecule has 1 atom stereocenters. The molecule has 0 aliphatic carbocycles. The summed E-state index contributed by atoms with van der Waals surface area (Å²) in [7, 11) is 1.68. The first-order valence-electron chi connectivity index (χ1n) is 6.63. The average molecular weight is 312 g/mol. The fourth-order valence-corrected chi connectivity index (χ4v) is 2.22. The SMILES string of the molecule is CC(C)c1nn(C)c(Cl)c1C(=O)NCC(O)c1ccco1. The standard InChI is InChI=1S/C14H18ClN3O3/c1-8(2)12-11(13(15)18(3)17-12)14(20)16-7-9(19)10-5-4-6-21-10/h4-6,8-9,19H,7H2,1-3H3,(H,16,20). The minimum Gasteiger partial charge on any atom is -0.467 e. The number of nitrogens with zero attached hydrogens (tertiary/aromatic N) is 2. The van der Waals surface area contributed by atoms with Crippen LogP contribution in [0.25, 0.3) is 0 Å². The van der Waals surface area contributed by atoms with Crippen molar-refractivity contribution in [2.24, 2.45) is 7.05 Å². The van der Waals surface area contributed by atoms with Crippen molar-refractivity contribution in [1.82, 2.24) is 15.1 Å². The first-order chi connectivity index (χ1) is 9.91. The molecule has 0 aromatic carbocycles. The third kappa shape index (κ3) is 3.28. The zero-order chi connectivity index (χ0) is 15.6. The monoisotopic (exact) mass is 311 g/mol. The molecule has 2 heterocycles. The van der Waals surface area contributed by atoms with Gasteiger partial charge in [-0.25, -0.2) is 0 Å². The van der Waals surface area contributed by atoms with Gasteiger partial charge in [-0.05, 0) is 18.1 Å². The summed E-state index contributed by atoms with van der Waals surface area (Å²) >= 11 is 6.13. The van der Waals surface area contributed by atoms with E-state index in [0.717, 1.165) is 0 Å². The van der Waals surface area contributed by atoms with Gasteiger partial charge < -0.3 is 14.8 Å². The highest BCUT2D eigenvalue weighted by atomic mass is 35.5. The van der Waals surface area contributed by atoms with Crippen LogP contribution in [-0.2, 0) is 7.05 Å². The summed E-state index contributed by atoms with van der Waals surface area (Å²) in [6, 6.07) is 3.32. The zero-order valence-corrected chi connectivity index (χ0v) is 12.9. The van der Waals surface area contributed by atoms with Crippen molar-refractivity contribution < 1.29 is 14.3 Å².